The lowest BCUT2D eigenvalue weighted by Gasteiger charge is -2.12. The van der Waals surface area contributed by atoms with Gasteiger partial charge in [-0.1, -0.05) is 6.07 Å². The van der Waals surface area contributed by atoms with Gasteiger partial charge in [0.25, 0.3) is 5.56 Å². The molecule has 3 aromatic rings. The average Bonchev–Trinajstić information content (AvgIpc) is 2.70. The van der Waals surface area contributed by atoms with Crippen LogP contribution in [0.3, 0.4) is 0 Å². The highest BCUT2D eigenvalue weighted by Crippen LogP contribution is 2.26. The summed E-state index contributed by atoms with van der Waals surface area (Å²) < 4.78 is 7.16. The zero-order valence-electron chi connectivity index (χ0n) is 15.3. The molecule has 0 bridgehead atoms. The SMILES string of the molecule is Cc1cc(Oc2ncccc2C#N)ccc1NC(=O)CCn1ccccc1=O. The van der Waals surface area contributed by atoms with E-state index in [1.165, 1.54) is 10.6 Å². The summed E-state index contributed by atoms with van der Waals surface area (Å²) in [6, 6.07) is 15.4. The van der Waals surface area contributed by atoms with Crippen molar-refractivity contribution in [3.05, 3.63) is 82.4 Å². The van der Waals surface area contributed by atoms with Crippen LogP contribution in [0, 0.1) is 18.3 Å². The molecule has 0 saturated carbocycles. The van der Waals surface area contributed by atoms with Crippen LogP contribution in [-0.4, -0.2) is 15.5 Å². The predicted molar refractivity (Wildman–Crippen MR) is 104 cm³/mol. The number of aromatic nitrogens is 2. The van der Waals surface area contributed by atoms with Crippen LogP contribution in [0.5, 0.6) is 11.6 Å². The number of anilines is 1. The Kier molecular flexibility index (Phi) is 5.82. The van der Waals surface area contributed by atoms with Gasteiger partial charge in [-0.2, -0.15) is 5.26 Å². The Morgan fingerprint density at radius 1 is 1.25 bits per heavy atom. The number of nitrogens with zero attached hydrogens (tertiary/aromatic N) is 3. The first kappa shape index (κ1) is 18.9. The molecule has 0 saturated heterocycles. The number of rotatable bonds is 6. The molecule has 7 nitrogen and oxygen atoms in total. The Hall–Kier alpha value is -3.92. The third-order valence-electron chi connectivity index (χ3n) is 4.06. The van der Waals surface area contributed by atoms with Crippen molar-refractivity contribution in [2.24, 2.45) is 0 Å². The molecule has 0 aliphatic rings. The number of ether oxygens (including phenoxy) is 1. The molecule has 2 heterocycles. The molecule has 1 amide bonds. The molecular weight excluding hydrogens is 356 g/mol. The first-order chi connectivity index (χ1) is 13.6. The van der Waals surface area contributed by atoms with E-state index in [0.717, 1.165) is 5.56 Å². The molecule has 0 radical (unpaired) electrons. The molecule has 2 aromatic heterocycles. The van der Waals surface area contributed by atoms with Crippen LogP contribution in [-0.2, 0) is 11.3 Å². The highest BCUT2D eigenvalue weighted by atomic mass is 16.5. The Morgan fingerprint density at radius 3 is 2.86 bits per heavy atom. The summed E-state index contributed by atoms with van der Waals surface area (Å²) >= 11 is 0. The zero-order chi connectivity index (χ0) is 19.9. The van der Waals surface area contributed by atoms with Gasteiger partial charge in [0.15, 0.2) is 0 Å². The topological polar surface area (TPSA) is 97.0 Å². The summed E-state index contributed by atoms with van der Waals surface area (Å²) in [4.78, 5) is 27.9. The second-order valence-electron chi connectivity index (χ2n) is 6.08. The lowest BCUT2D eigenvalue weighted by atomic mass is 10.2. The maximum absolute atomic E-state index is 12.2. The number of nitriles is 1. The minimum Gasteiger partial charge on any atom is -0.438 e. The number of nitrogens with one attached hydrogen (secondary N) is 1. The lowest BCUT2D eigenvalue weighted by Crippen LogP contribution is -2.21. The van der Waals surface area contributed by atoms with Gasteiger partial charge >= 0.3 is 0 Å². The van der Waals surface area contributed by atoms with Crippen LogP contribution in [0.1, 0.15) is 17.5 Å². The number of amides is 1. The van der Waals surface area contributed by atoms with Gasteiger partial charge in [0.1, 0.15) is 17.4 Å². The fourth-order valence-corrected chi connectivity index (χ4v) is 2.59. The number of carbonyl (C=O) groups excluding carboxylic acids is 1. The van der Waals surface area contributed by atoms with Crippen LogP contribution in [0.15, 0.2) is 65.7 Å². The summed E-state index contributed by atoms with van der Waals surface area (Å²) in [6.45, 7) is 2.15. The van der Waals surface area contributed by atoms with Gasteiger partial charge in [0, 0.05) is 37.1 Å². The van der Waals surface area contributed by atoms with E-state index in [4.69, 9.17) is 10.00 Å². The summed E-state index contributed by atoms with van der Waals surface area (Å²) in [5, 5.41) is 11.9. The van der Waals surface area contributed by atoms with Crippen molar-refractivity contribution in [2.75, 3.05) is 5.32 Å². The molecule has 3 rings (SSSR count). The quantitative estimate of drug-likeness (QED) is 0.714. The monoisotopic (exact) mass is 374 g/mol. The maximum Gasteiger partial charge on any atom is 0.250 e. The molecule has 0 spiro atoms. The largest absolute Gasteiger partial charge is 0.438 e. The van der Waals surface area contributed by atoms with E-state index in [2.05, 4.69) is 10.3 Å². The molecule has 0 fully saturated rings. The number of aryl methyl sites for hydroxylation is 2. The van der Waals surface area contributed by atoms with E-state index < -0.39 is 0 Å². The smallest absolute Gasteiger partial charge is 0.250 e. The van der Waals surface area contributed by atoms with Crippen LogP contribution in [0.2, 0.25) is 0 Å². The molecule has 1 aromatic carbocycles. The third-order valence-corrected chi connectivity index (χ3v) is 4.06. The van der Waals surface area contributed by atoms with Gasteiger partial charge in [-0.05, 0) is 48.9 Å². The van der Waals surface area contributed by atoms with Crippen LogP contribution in [0.25, 0.3) is 0 Å². The minimum atomic E-state index is -0.191. The standard InChI is InChI=1S/C21H18N4O3/c1-15-13-17(28-21-16(14-22)5-4-10-23-21)7-8-18(15)24-19(26)9-12-25-11-3-2-6-20(25)27/h2-8,10-11,13H,9,12H2,1H3,(H,24,26). The molecule has 0 aliphatic heterocycles. The highest BCUT2D eigenvalue weighted by molar-refractivity contribution is 5.91. The lowest BCUT2D eigenvalue weighted by molar-refractivity contribution is -0.116. The fourth-order valence-electron chi connectivity index (χ4n) is 2.59. The molecule has 7 heteroatoms. The van der Waals surface area contributed by atoms with E-state index in [9.17, 15) is 9.59 Å². The van der Waals surface area contributed by atoms with Crippen LogP contribution in [0.4, 0.5) is 5.69 Å². The molecule has 28 heavy (non-hydrogen) atoms. The third kappa shape index (κ3) is 4.62. The van der Waals surface area contributed by atoms with Crippen molar-refractivity contribution in [3.63, 3.8) is 0 Å². The second-order valence-corrected chi connectivity index (χ2v) is 6.08. The van der Waals surface area contributed by atoms with Gasteiger partial charge in [-0.15, -0.1) is 0 Å². The number of benzene rings is 1. The molecule has 0 unspecified atom stereocenters. The summed E-state index contributed by atoms with van der Waals surface area (Å²) in [6.07, 6.45) is 3.39. The zero-order valence-corrected chi connectivity index (χ0v) is 15.3. The van der Waals surface area contributed by atoms with Gasteiger partial charge in [0.2, 0.25) is 11.8 Å². The van der Waals surface area contributed by atoms with Gasteiger partial charge < -0.3 is 14.6 Å². The predicted octanol–water partition coefficient (Wildman–Crippen LogP) is 3.24. The van der Waals surface area contributed by atoms with Crippen molar-refractivity contribution in [2.45, 2.75) is 19.9 Å². The van der Waals surface area contributed by atoms with E-state index in [1.807, 2.05) is 13.0 Å². The van der Waals surface area contributed by atoms with E-state index >= 15 is 0 Å². The normalized spacial score (nSPS) is 10.1. The Balaban J connectivity index is 1.64. The molecule has 0 atom stereocenters. The first-order valence-electron chi connectivity index (χ1n) is 8.66. The summed E-state index contributed by atoms with van der Waals surface area (Å²) in [5.74, 6) is 0.556. The van der Waals surface area contributed by atoms with Crippen molar-refractivity contribution >= 4 is 11.6 Å². The van der Waals surface area contributed by atoms with Gasteiger partial charge in [0.05, 0.1) is 0 Å². The molecule has 1 N–H and O–H groups in total. The van der Waals surface area contributed by atoms with Crippen molar-refractivity contribution in [3.8, 4) is 17.7 Å². The van der Waals surface area contributed by atoms with Gasteiger partial charge in [-0.3, -0.25) is 9.59 Å². The molecule has 140 valence electrons. The number of pyridine rings is 2. The van der Waals surface area contributed by atoms with Crippen molar-refractivity contribution < 1.29 is 9.53 Å². The number of hydrogen-bond acceptors (Lipinski definition) is 5. The molecule has 0 aliphatic carbocycles. The maximum atomic E-state index is 12.2. The second kappa shape index (κ2) is 8.64. The average molecular weight is 374 g/mol. The number of hydrogen-bond donors (Lipinski definition) is 1. The Morgan fingerprint density at radius 2 is 2.11 bits per heavy atom. The van der Waals surface area contributed by atoms with Crippen molar-refractivity contribution in [1.82, 2.24) is 9.55 Å². The molecular formula is C21H18N4O3. The van der Waals surface area contributed by atoms with Crippen LogP contribution >= 0.6 is 0 Å². The summed E-state index contributed by atoms with van der Waals surface area (Å²) in [7, 11) is 0. The Labute approximate surface area is 161 Å². The Bertz CT molecular complexity index is 1100. The highest BCUT2D eigenvalue weighted by Gasteiger charge is 2.09. The van der Waals surface area contributed by atoms with E-state index in [-0.39, 0.29) is 23.8 Å². The first-order valence-corrected chi connectivity index (χ1v) is 8.66. The number of carbonyl (C=O) groups is 1. The van der Waals surface area contributed by atoms with Gasteiger partial charge in [-0.25, -0.2) is 4.98 Å². The van der Waals surface area contributed by atoms with Crippen molar-refractivity contribution in [1.29, 1.82) is 5.26 Å². The van der Waals surface area contributed by atoms with Crippen LogP contribution < -0.4 is 15.6 Å². The minimum absolute atomic E-state index is 0.140. The van der Waals surface area contributed by atoms with E-state index in [1.54, 1.807) is 54.9 Å². The summed E-state index contributed by atoms with van der Waals surface area (Å²) in [5.41, 5.74) is 1.66. The van der Waals surface area contributed by atoms with E-state index in [0.29, 0.717) is 23.5 Å². The fraction of sp³-hybridized carbons (Fsp3) is 0.143.